The van der Waals surface area contributed by atoms with Crippen molar-refractivity contribution in [2.45, 2.75) is 45.7 Å². The van der Waals surface area contributed by atoms with Crippen molar-refractivity contribution in [3.63, 3.8) is 0 Å². The summed E-state index contributed by atoms with van der Waals surface area (Å²) in [5.41, 5.74) is 3.16. The minimum absolute atomic E-state index is 0.0669. The fourth-order valence-corrected chi connectivity index (χ4v) is 3.06. The minimum atomic E-state index is -0.379. The number of carbonyl (C=O) groups is 2. The zero-order valence-corrected chi connectivity index (χ0v) is 14.8. The van der Waals surface area contributed by atoms with Crippen LogP contribution in [0.4, 0.5) is 5.69 Å². The van der Waals surface area contributed by atoms with E-state index in [1.165, 1.54) is 0 Å². The van der Waals surface area contributed by atoms with Gasteiger partial charge < -0.3 is 5.32 Å². The van der Waals surface area contributed by atoms with Crippen LogP contribution in [0.25, 0.3) is 0 Å². The van der Waals surface area contributed by atoms with Crippen molar-refractivity contribution >= 4 is 17.5 Å². The van der Waals surface area contributed by atoms with Crippen molar-refractivity contribution in [3.05, 3.63) is 59.4 Å². The Morgan fingerprint density at radius 3 is 2.68 bits per heavy atom. The topological polar surface area (TPSA) is 62.3 Å². The van der Waals surface area contributed by atoms with Crippen molar-refractivity contribution in [1.29, 1.82) is 0 Å². The highest BCUT2D eigenvalue weighted by Crippen LogP contribution is 2.38. The number of nitrogens with one attached hydrogen (secondary N) is 1. The van der Waals surface area contributed by atoms with Crippen LogP contribution >= 0.6 is 0 Å². The lowest BCUT2D eigenvalue weighted by Gasteiger charge is -2.25. The Kier molecular flexibility index (Phi) is 4.83. The molecule has 0 spiro atoms. The maximum Gasteiger partial charge on any atom is 0.260 e. The molecular weight excluding hydrogens is 314 g/mol. The number of benzene rings is 1. The van der Waals surface area contributed by atoms with Crippen molar-refractivity contribution in [2.24, 2.45) is 0 Å². The Bertz CT molecular complexity index is 786. The monoisotopic (exact) mass is 337 g/mol. The molecule has 0 aliphatic carbocycles. The Morgan fingerprint density at radius 2 is 2.00 bits per heavy atom. The zero-order valence-electron chi connectivity index (χ0n) is 14.8. The van der Waals surface area contributed by atoms with E-state index in [4.69, 9.17) is 0 Å². The lowest BCUT2D eigenvalue weighted by Crippen LogP contribution is -2.36. The molecule has 5 heteroatoms. The quantitative estimate of drug-likeness (QED) is 0.909. The third kappa shape index (κ3) is 3.40. The standard InChI is InChI=1S/C20H23N3O2/c1-4-14(3)22-18(24)12-17-19-16(6-5-11-21-19)20(25)23(17)15-9-7-13(2)8-10-15/h5-11,14,17H,4,12H2,1-3H3,(H,22,24). The van der Waals surface area contributed by atoms with Gasteiger partial charge in [0.1, 0.15) is 0 Å². The van der Waals surface area contributed by atoms with E-state index >= 15 is 0 Å². The molecule has 2 heterocycles. The zero-order chi connectivity index (χ0) is 18.0. The van der Waals surface area contributed by atoms with E-state index in [2.05, 4.69) is 10.3 Å². The summed E-state index contributed by atoms with van der Waals surface area (Å²) in [5, 5.41) is 2.98. The van der Waals surface area contributed by atoms with Crippen LogP contribution in [0.3, 0.4) is 0 Å². The molecule has 2 atom stereocenters. The summed E-state index contributed by atoms with van der Waals surface area (Å²) in [5.74, 6) is -0.170. The minimum Gasteiger partial charge on any atom is -0.354 e. The smallest absolute Gasteiger partial charge is 0.260 e. The maximum atomic E-state index is 12.9. The summed E-state index contributed by atoms with van der Waals surface area (Å²) in [7, 11) is 0. The number of rotatable bonds is 5. The number of fused-ring (bicyclic) bond motifs is 1. The Morgan fingerprint density at radius 1 is 1.28 bits per heavy atom. The van der Waals surface area contributed by atoms with E-state index < -0.39 is 0 Å². The summed E-state index contributed by atoms with van der Waals surface area (Å²) < 4.78 is 0. The number of hydrogen-bond donors (Lipinski definition) is 1. The average Bonchev–Trinajstić information content (AvgIpc) is 2.88. The molecule has 0 bridgehead atoms. The van der Waals surface area contributed by atoms with Crippen LogP contribution in [0.5, 0.6) is 0 Å². The summed E-state index contributed by atoms with van der Waals surface area (Å²) in [6.07, 6.45) is 2.74. The van der Waals surface area contributed by atoms with Crippen LogP contribution in [-0.2, 0) is 4.79 Å². The second kappa shape index (κ2) is 7.05. The molecule has 2 unspecified atom stereocenters. The first-order valence-corrected chi connectivity index (χ1v) is 8.65. The van der Waals surface area contributed by atoms with E-state index in [0.29, 0.717) is 11.3 Å². The Labute approximate surface area is 148 Å². The van der Waals surface area contributed by atoms with Crippen LogP contribution in [0.2, 0.25) is 0 Å². The van der Waals surface area contributed by atoms with E-state index in [1.54, 1.807) is 23.2 Å². The van der Waals surface area contributed by atoms with Crippen molar-refractivity contribution < 1.29 is 9.59 Å². The molecule has 130 valence electrons. The van der Waals surface area contributed by atoms with Crippen LogP contribution in [-0.4, -0.2) is 22.8 Å². The fourth-order valence-electron chi connectivity index (χ4n) is 3.06. The second-order valence-electron chi connectivity index (χ2n) is 6.54. The van der Waals surface area contributed by atoms with Gasteiger partial charge in [0, 0.05) is 17.9 Å². The Balaban J connectivity index is 1.94. The number of carbonyl (C=O) groups excluding carboxylic acids is 2. The van der Waals surface area contributed by atoms with E-state index in [1.807, 2.05) is 45.0 Å². The van der Waals surface area contributed by atoms with Crippen molar-refractivity contribution in [3.8, 4) is 0 Å². The first-order chi connectivity index (χ1) is 12.0. The van der Waals surface area contributed by atoms with Crippen molar-refractivity contribution in [2.75, 3.05) is 4.90 Å². The molecule has 1 aromatic carbocycles. The normalized spacial score (nSPS) is 17.3. The van der Waals surface area contributed by atoms with Gasteiger partial charge in [0.25, 0.3) is 5.91 Å². The average molecular weight is 337 g/mol. The number of anilines is 1. The molecule has 5 nitrogen and oxygen atoms in total. The molecule has 1 aromatic heterocycles. The molecule has 1 aliphatic rings. The molecule has 1 aliphatic heterocycles. The largest absolute Gasteiger partial charge is 0.354 e. The van der Waals surface area contributed by atoms with Gasteiger partial charge in [-0.15, -0.1) is 0 Å². The lowest BCUT2D eigenvalue weighted by atomic mass is 10.1. The predicted molar refractivity (Wildman–Crippen MR) is 97.5 cm³/mol. The molecule has 2 amide bonds. The first-order valence-electron chi connectivity index (χ1n) is 8.65. The second-order valence-corrected chi connectivity index (χ2v) is 6.54. The predicted octanol–water partition coefficient (Wildman–Crippen LogP) is 3.40. The highest BCUT2D eigenvalue weighted by atomic mass is 16.2. The number of aromatic nitrogens is 1. The summed E-state index contributed by atoms with van der Waals surface area (Å²) >= 11 is 0. The summed E-state index contributed by atoms with van der Waals surface area (Å²) in [4.78, 5) is 31.4. The van der Waals surface area contributed by atoms with Gasteiger partial charge in [0.05, 0.1) is 23.7 Å². The van der Waals surface area contributed by atoms with Gasteiger partial charge in [-0.05, 0) is 44.5 Å². The van der Waals surface area contributed by atoms with Crippen LogP contribution in [0.15, 0.2) is 42.6 Å². The molecule has 0 radical (unpaired) electrons. The number of aryl methyl sites for hydroxylation is 1. The third-order valence-corrected chi connectivity index (χ3v) is 4.63. The van der Waals surface area contributed by atoms with Gasteiger partial charge in [-0.25, -0.2) is 0 Å². The molecule has 2 aromatic rings. The van der Waals surface area contributed by atoms with E-state index in [9.17, 15) is 9.59 Å². The van der Waals surface area contributed by atoms with Gasteiger partial charge >= 0.3 is 0 Å². The molecule has 0 fully saturated rings. The van der Waals surface area contributed by atoms with Gasteiger partial charge in [-0.3, -0.25) is 19.5 Å². The molecular formula is C20H23N3O2. The third-order valence-electron chi connectivity index (χ3n) is 4.63. The summed E-state index contributed by atoms with van der Waals surface area (Å²) in [6.45, 7) is 6.00. The van der Waals surface area contributed by atoms with Gasteiger partial charge in [-0.2, -0.15) is 0 Å². The Hall–Kier alpha value is -2.69. The van der Waals surface area contributed by atoms with Crippen LogP contribution in [0.1, 0.15) is 54.3 Å². The number of pyridine rings is 1. The maximum absolute atomic E-state index is 12.9. The van der Waals surface area contributed by atoms with E-state index in [0.717, 1.165) is 17.7 Å². The lowest BCUT2D eigenvalue weighted by molar-refractivity contribution is -0.122. The SMILES string of the molecule is CCC(C)NC(=O)CC1c2ncccc2C(=O)N1c1ccc(C)cc1. The number of amides is 2. The first kappa shape index (κ1) is 17.1. The number of nitrogens with zero attached hydrogens (tertiary/aromatic N) is 2. The van der Waals surface area contributed by atoms with Crippen molar-refractivity contribution in [1.82, 2.24) is 10.3 Å². The van der Waals surface area contributed by atoms with Gasteiger partial charge in [-0.1, -0.05) is 24.6 Å². The highest BCUT2D eigenvalue weighted by Gasteiger charge is 2.39. The van der Waals surface area contributed by atoms with Gasteiger partial charge in [0.15, 0.2) is 0 Å². The summed E-state index contributed by atoms with van der Waals surface area (Å²) in [6, 6.07) is 11.0. The molecule has 0 saturated carbocycles. The number of hydrogen-bond acceptors (Lipinski definition) is 3. The molecule has 0 saturated heterocycles. The highest BCUT2D eigenvalue weighted by molar-refractivity contribution is 6.11. The van der Waals surface area contributed by atoms with Gasteiger partial charge in [0.2, 0.25) is 5.91 Å². The molecule has 3 rings (SSSR count). The van der Waals surface area contributed by atoms with Crippen LogP contribution < -0.4 is 10.2 Å². The van der Waals surface area contributed by atoms with E-state index in [-0.39, 0.29) is 30.3 Å². The van der Waals surface area contributed by atoms with Crippen LogP contribution in [0, 0.1) is 6.92 Å². The molecule has 1 N–H and O–H groups in total. The fraction of sp³-hybridized carbons (Fsp3) is 0.350. The molecule has 25 heavy (non-hydrogen) atoms.